The summed E-state index contributed by atoms with van der Waals surface area (Å²) in [5, 5.41) is 9.71. The van der Waals surface area contributed by atoms with Gasteiger partial charge in [-0.05, 0) is 54.8 Å². The van der Waals surface area contributed by atoms with Crippen LogP contribution < -0.4 is 0 Å². The molecule has 2 aromatic carbocycles. The van der Waals surface area contributed by atoms with E-state index in [9.17, 15) is 4.79 Å². The van der Waals surface area contributed by atoms with Crippen molar-refractivity contribution < 1.29 is 9.90 Å². The summed E-state index contributed by atoms with van der Waals surface area (Å²) in [6, 6.07) is 19.8. The van der Waals surface area contributed by atoms with Crippen molar-refractivity contribution in [2.45, 2.75) is 19.8 Å². The fourth-order valence-corrected chi connectivity index (χ4v) is 2.98. The second-order valence-electron chi connectivity index (χ2n) is 5.73. The van der Waals surface area contributed by atoms with Gasteiger partial charge in [0.15, 0.2) is 0 Å². The molecule has 0 atom stereocenters. The maximum Gasteiger partial charge on any atom is 0.303 e. The van der Waals surface area contributed by atoms with Crippen molar-refractivity contribution in [3.05, 3.63) is 76.9 Å². The minimum atomic E-state index is -0.791. The molecule has 0 aliphatic carbocycles. The molecule has 1 aromatic heterocycles. The third-order valence-electron chi connectivity index (χ3n) is 4.05. The second-order valence-corrected chi connectivity index (χ2v) is 6.17. The van der Waals surface area contributed by atoms with Gasteiger partial charge in [0.05, 0.1) is 12.1 Å². The molecule has 3 nitrogen and oxygen atoms in total. The molecule has 0 aliphatic rings. The molecule has 1 heterocycles. The Kier molecular flexibility index (Phi) is 4.72. The molecule has 3 aromatic rings. The van der Waals surface area contributed by atoms with E-state index >= 15 is 0 Å². The zero-order valence-corrected chi connectivity index (χ0v) is 14.1. The van der Waals surface area contributed by atoms with Gasteiger partial charge in [0.2, 0.25) is 0 Å². The van der Waals surface area contributed by atoms with Gasteiger partial charge in [-0.2, -0.15) is 0 Å². The smallest absolute Gasteiger partial charge is 0.303 e. The van der Waals surface area contributed by atoms with Crippen molar-refractivity contribution in [2.75, 3.05) is 0 Å². The summed E-state index contributed by atoms with van der Waals surface area (Å²) in [5.74, 6) is -0.791. The van der Waals surface area contributed by atoms with Gasteiger partial charge < -0.3 is 9.67 Å². The average molecular weight is 340 g/mol. The van der Waals surface area contributed by atoms with Gasteiger partial charge in [0.1, 0.15) is 0 Å². The summed E-state index contributed by atoms with van der Waals surface area (Å²) in [4.78, 5) is 11.0. The van der Waals surface area contributed by atoms with Crippen LogP contribution in [0.15, 0.2) is 60.7 Å². The number of hydrogen-bond acceptors (Lipinski definition) is 1. The highest BCUT2D eigenvalue weighted by Gasteiger charge is 2.14. The van der Waals surface area contributed by atoms with Gasteiger partial charge in [-0.3, -0.25) is 4.79 Å². The Balaban J connectivity index is 2.14. The summed E-state index contributed by atoms with van der Waals surface area (Å²) in [6.45, 7) is 2.06. The van der Waals surface area contributed by atoms with E-state index in [4.69, 9.17) is 16.7 Å². The number of benzene rings is 2. The lowest BCUT2D eigenvalue weighted by Gasteiger charge is -2.16. The van der Waals surface area contributed by atoms with Gasteiger partial charge in [-0.15, -0.1) is 0 Å². The highest BCUT2D eigenvalue weighted by molar-refractivity contribution is 6.30. The number of carboxylic acids is 1. The van der Waals surface area contributed by atoms with Crippen LogP contribution in [0.2, 0.25) is 5.02 Å². The molecule has 4 heteroatoms. The van der Waals surface area contributed by atoms with Crippen molar-refractivity contribution in [3.63, 3.8) is 0 Å². The Labute approximate surface area is 146 Å². The Morgan fingerprint density at radius 1 is 1.04 bits per heavy atom. The molecular weight excluding hydrogens is 322 g/mol. The standard InChI is InChI=1S/C20H18ClNO2/c1-14-4-2-3-5-18(14)22-17(11-13-20(23)24)10-12-19(22)15-6-8-16(21)9-7-15/h2-10,12H,11,13H2,1H3,(H,23,24). The predicted molar refractivity (Wildman–Crippen MR) is 96.9 cm³/mol. The fourth-order valence-electron chi connectivity index (χ4n) is 2.85. The lowest BCUT2D eigenvalue weighted by molar-refractivity contribution is -0.136. The normalized spacial score (nSPS) is 10.8. The highest BCUT2D eigenvalue weighted by Crippen LogP contribution is 2.29. The molecule has 0 amide bonds. The first-order chi connectivity index (χ1) is 11.6. The van der Waals surface area contributed by atoms with Crippen LogP contribution in [0.4, 0.5) is 0 Å². The number of para-hydroxylation sites is 1. The summed E-state index contributed by atoms with van der Waals surface area (Å²) >= 11 is 6.00. The van der Waals surface area contributed by atoms with Crippen LogP contribution in [-0.4, -0.2) is 15.6 Å². The van der Waals surface area contributed by atoms with Crippen LogP contribution in [0.25, 0.3) is 16.9 Å². The summed E-state index contributed by atoms with van der Waals surface area (Å²) < 4.78 is 2.14. The number of aliphatic carboxylic acids is 1. The quantitative estimate of drug-likeness (QED) is 0.700. The van der Waals surface area contributed by atoms with Crippen molar-refractivity contribution in [2.24, 2.45) is 0 Å². The Hall–Kier alpha value is -2.52. The van der Waals surface area contributed by atoms with E-state index in [2.05, 4.69) is 23.6 Å². The van der Waals surface area contributed by atoms with E-state index < -0.39 is 5.97 Å². The highest BCUT2D eigenvalue weighted by atomic mass is 35.5. The number of carbonyl (C=O) groups is 1. The largest absolute Gasteiger partial charge is 0.481 e. The first-order valence-electron chi connectivity index (χ1n) is 7.80. The molecule has 0 radical (unpaired) electrons. The van der Waals surface area contributed by atoms with Crippen LogP contribution >= 0.6 is 11.6 Å². The first kappa shape index (κ1) is 16.3. The minimum Gasteiger partial charge on any atom is -0.481 e. The molecule has 3 rings (SSSR count). The maximum atomic E-state index is 11.0. The number of hydrogen-bond donors (Lipinski definition) is 1. The third-order valence-corrected chi connectivity index (χ3v) is 4.31. The Morgan fingerprint density at radius 3 is 2.42 bits per heavy atom. The van der Waals surface area contributed by atoms with Crippen LogP contribution in [0, 0.1) is 6.92 Å². The van der Waals surface area contributed by atoms with Gasteiger partial charge in [0.25, 0.3) is 0 Å². The van der Waals surface area contributed by atoms with E-state index in [1.807, 2.05) is 48.5 Å². The molecular formula is C20H18ClNO2. The molecule has 1 N–H and O–H groups in total. The number of nitrogens with zero attached hydrogens (tertiary/aromatic N) is 1. The topological polar surface area (TPSA) is 42.2 Å². The van der Waals surface area contributed by atoms with E-state index in [-0.39, 0.29) is 6.42 Å². The third kappa shape index (κ3) is 3.36. The zero-order chi connectivity index (χ0) is 17.1. The number of rotatable bonds is 5. The van der Waals surface area contributed by atoms with E-state index in [1.165, 1.54) is 0 Å². The van der Waals surface area contributed by atoms with Crippen molar-refractivity contribution in [1.29, 1.82) is 0 Å². The van der Waals surface area contributed by atoms with Gasteiger partial charge in [0, 0.05) is 16.4 Å². The van der Waals surface area contributed by atoms with Crippen molar-refractivity contribution >= 4 is 17.6 Å². The Morgan fingerprint density at radius 2 is 1.75 bits per heavy atom. The van der Waals surface area contributed by atoms with Crippen LogP contribution in [0.1, 0.15) is 17.7 Å². The van der Waals surface area contributed by atoms with Crippen LogP contribution in [-0.2, 0) is 11.2 Å². The van der Waals surface area contributed by atoms with Gasteiger partial charge in [-0.25, -0.2) is 0 Å². The van der Waals surface area contributed by atoms with Gasteiger partial charge in [-0.1, -0.05) is 41.9 Å². The molecule has 0 bridgehead atoms. The minimum absolute atomic E-state index is 0.107. The van der Waals surface area contributed by atoms with E-state index in [1.54, 1.807) is 0 Å². The SMILES string of the molecule is Cc1ccccc1-n1c(CCC(=O)O)ccc1-c1ccc(Cl)cc1. The van der Waals surface area contributed by atoms with E-state index in [0.29, 0.717) is 11.4 Å². The number of halogens is 1. The first-order valence-corrected chi connectivity index (χ1v) is 8.18. The molecule has 0 unspecified atom stereocenters. The molecule has 0 spiro atoms. The average Bonchev–Trinajstić information content (AvgIpc) is 2.98. The summed E-state index contributed by atoms with van der Waals surface area (Å²) in [5.41, 5.74) is 5.26. The molecule has 122 valence electrons. The second kappa shape index (κ2) is 6.93. The molecule has 24 heavy (non-hydrogen) atoms. The summed E-state index contributed by atoms with van der Waals surface area (Å²) in [7, 11) is 0. The predicted octanol–water partition coefficient (Wildman–Crippen LogP) is 5.12. The van der Waals surface area contributed by atoms with Crippen molar-refractivity contribution in [3.8, 4) is 16.9 Å². The number of carboxylic acid groups (broad SMARTS) is 1. The monoisotopic (exact) mass is 339 g/mol. The number of aromatic nitrogens is 1. The zero-order valence-electron chi connectivity index (χ0n) is 13.4. The van der Waals surface area contributed by atoms with Crippen molar-refractivity contribution in [1.82, 2.24) is 4.57 Å². The fraction of sp³-hybridized carbons (Fsp3) is 0.150. The van der Waals surface area contributed by atoms with Gasteiger partial charge >= 0.3 is 5.97 Å². The molecule has 0 saturated carbocycles. The maximum absolute atomic E-state index is 11.0. The number of aryl methyl sites for hydroxylation is 2. The van der Waals surface area contributed by atoms with Crippen LogP contribution in [0.3, 0.4) is 0 Å². The lowest BCUT2D eigenvalue weighted by Crippen LogP contribution is -2.06. The summed E-state index contributed by atoms with van der Waals surface area (Å²) in [6.07, 6.45) is 0.590. The Bertz CT molecular complexity index is 866. The van der Waals surface area contributed by atoms with Crippen LogP contribution in [0.5, 0.6) is 0 Å². The van der Waals surface area contributed by atoms with E-state index in [0.717, 1.165) is 28.2 Å². The molecule has 0 fully saturated rings. The molecule has 0 aliphatic heterocycles. The molecule has 0 saturated heterocycles. The lowest BCUT2D eigenvalue weighted by atomic mass is 10.1.